The second kappa shape index (κ2) is 234. The van der Waals surface area contributed by atoms with Gasteiger partial charge >= 0.3 is 306 Å². The summed E-state index contributed by atoms with van der Waals surface area (Å²) >= 11 is 0. The molecule has 0 aliphatic carbocycles. The van der Waals surface area contributed by atoms with Crippen LogP contribution in [0.5, 0.6) is 0 Å². The van der Waals surface area contributed by atoms with Crippen molar-refractivity contribution in [3.8, 4) is 0 Å². The van der Waals surface area contributed by atoms with Gasteiger partial charge in [0.15, 0.2) is 0 Å². The largest absolute Gasteiger partial charge is 1.00 e. The Labute approximate surface area is 817 Å². The number of carbonyl (C=O) groups is 34. The first kappa shape index (κ1) is 240. The molecule has 0 bridgehead atoms. The zero-order valence-corrected chi connectivity index (χ0v) is 69.5. The summed E-state index contributed by atoms with van der Waals surface area (Å²) in [5.41, 5.74) is 0. The van der Waals surface area contributed by atoms with Gasteiger partial charge < -0.3 is 352 Å². The van der Waals surface area contributed by atoms with E-state index in [4.69, 9.17) is 510 Å². The van der Waals surface area contributed by atoms with Crippen LogP contribution in [0.3, 0.4) is 0 Å². The van der Waals surface area contributed by atoms with Crippen molar-refractivity contribution in [2.75, 3.05) is 0 Å². The Morgan fingerprint density at radius 2 is 0.0725 bits per heavy atom. The molecule has 0 aliphatic rings. The minimum atomic E-state index is -2.33. The molecule has 0 fully saturated rings. The van der Waals surface area contributed by atoms with Gasteiger partial charge in [-0.25, -0.2) is 158 Å². The zero-order valence-electron chi connectivity index (χ0n) is 63.2. The van der Waals surface area contributed by atoms with E-state index in [9.17, 15) is 0 Å². The van der Waals surface area contributed by atoms with Crippen LogP contribution in [0.2, 0.25) is 0 Å². The Balaban J connectivity index is -0.0000000228. The molecule has 0 atom stereocenters. The van der Waals surface area contributed by atoms with E-state index in [2.05, 4.69) is 0 Å². The molecule has 816 valence electrons. The maximum Gasteiger partial charge on any atom is 1.00 e. The standard InChI is InChI=1S/34CH2O3.2K/c34*2-1(3)4;;/h34*(H2,2,3,4);;/q;;;;;;;;;;;;;;;;;;;;;;;;;;;;;;;;;;2*+1/p-2. The molecular weight excluding hydrogens is 2120 g/mol. The normalized spacial score (nSPS) is 5.91. The molecule has 0 unspecified atom stereocenters. The molecule has 104 heteroatoms. The summed E-state index contributed by atoms with van der Waals surface area (Å²) in [4.78, 5) is 291. The molecule has 66 N–H and O–H groups in total. The van der Waals surface area contributed by atoms with E-state index in [0.717, 1.165) is 0 Å². The summed E-state index contributed by atoms with van der Waals surface area (Å²) in [5, 5.41) is 477. The van der Waals surface area contributed by atoms with Gasteiger partial charge in [-0.1, -0.05) is 0 Å². The van der Waals surface area contributed by atoms with Crippen molar-refractivity contribution in [2.45, 2.75) is 0 Å². The van der Waals surface area contributed by atoms with Gasteiger partial charge in [-0.15, -0.1) is 0 Å². The Kier molecular flexibility index (Phi) is 406. The van der Waals surface area contributed by atoms with E-state index in [-0.39, 0.29) is 103 Å². The van der Waals surface area contributed by atoms with Gasteiger partial charge in [-0.3, -0.25) is 0 Å². The minimum Gasteiger partial charge on any atom is -0.652 e. The molecule has 0 aromatic rings. The van der Waals surface area contributed by atoms with Crippen LogP contribution in [0.4, 0.5) is 163 Å². The van der Waals surface area contributed by atoms with Crippen molar-refractivity contribution in [3.63, 3.8) is 0 Å². The average Bonchev–Trinajstić information content (AvgIpc) is 3.38. The fourth-order valence-corrected chi connectivity index (χ4v) is 0. The SMILES string of the molecule is O=C(O)O.O=C(O)O.O=C(O)O.O=C(O)O.O=C(O)O.O=C(O)O.O=C(O)O.O=C(O)O.O=C(O)O.O=C(O)O.O=C(O)O.O=C(O)O.O=C(O)O.O=C(O)O.O=C(O)O.O=C(O)O.O=C(O)O.O=C(O)O.O=C(O)O.O=C(O)O.O=C(O)O.O=C(O)O.O=C(O)O.O=C(O)O.O=C(O)O.O=C(O)O.O=C(O)O.O=C(O)O.O=C(O)O.O=C(O)O.O=C(O)O.O=C(O)O.O=C(O)O.O=C([O-])[O-].[K+].[K+]. The van der Waals surface area contributed by atoms with Crippen LogP contribution in [-0.4, -0.2) is 546 Å². The van der Waals surface area contributed by atoms with Crippen LogP contribution in [0.15, 0.2) is 0 Å². The third-order valence-corrected chi connectivity index (χ3v) is 0. The zero-order chi connectivity index (χ0) is 122. The Hall–Kier alpha value is -21.5. The van der Waals surface area contributed by atoms with Crippen molar-refractivity contribution in [1.29, 1.82) is 0 Å². The number of hydrogen-bond donors (Lipinski definition) is 66. The van der Waals surface area contributed by atoms with Crippen LogP contribution < -0.4 is 113 Å². The fraction of sp³-hybridized carbons (Fsp3) is 0. The van der Waals surface area contributed by atoms with Crippen molar-refractivity contribution >= 4 is 209 Å². The van der Waals surface area contributed by atoms with Crippen molar-refractivity contribution in [3.05, 3.63) is 0 Å². The van der Waals surface area contributed by atoms with Gasteiger partial charge in [-0.05, 0) is 6.16 Å². The smallest absolute Gasteiger partial charge is 0.652 e. The van der Waals surface area contributed by atoms with E-state index in [1.165, 1.54) is 0 Å². The molecule has 0 saturated carbocycles. The number of hydrogen-bond acceptors (Lipinski definition) is 36. The van der Waals surface area contributed by atoms with E-state index in [1.54, 1.807) is 0 Å². The second-order valence-electron chi connectivity index (χ2n) is 9.57. The van der Waals surface area contributed by atoms with Crippen LogP contribution in [0.25, 0.3) is 0 Å². The summed E-state index contributed by atoms with van der Waals surface area (Å²) < 4.78 is 0. The van der Waals surface area contributed by atoms with Crippen LogP contribution in [0, 0.1) is 0 Å². The first-order valence-corrected chi connectivity index (χ1v) is 22.1. The molecule has 0 aromatic carbocycles. The molecule has 138 heavy (non-hydrogen) atoms. The Morgan fingerprint density at radius 3 is 0.0725 bits per heavy atom. The monoisotopic (exact) mass is 2180 g/mol. The number of carbonyl (C=O) groups excluding carboxylic acids is 1. The van der Waals surface area contributed by atoms with Gasteiger partial charge in [0.05, 0.1) is 0 Å². The number of rotatable bonds is 0. The minimum absolute atomic E-state index is 0. The maximum absolute atomic E-state index is 8.56. The number of carboxylic acid groups (broad SMARTS) is 68. The quantitative estimate of drug-likeness (QED) is 0.128. The van der Waals surface area contributed by atoms with Gasteiger partial charge in [-0.2, -0.15) is 0 Å². The maximum atomic E-state index is 8.56. The van der Waals surface area contributed by atoms with E-state index < -0.39 is 209 Å². The molecule has 0 saturated heterocycles. The fourth-order valence-electron chi connectivity index (χ4n) is 0. The summed E-state index contributed by atoms with van der Waals surface area (Å²) in [5.74, 6) is 0. The first-order valence-electron chi connectivity index (χ1n) is 22.1. The average molecular weight is 2180 g/mol. The van der Waals surface area contributed by atoms with E-state index >= 15 is 0 Å². The predicted molar refractivity (Wildman–Crippen MR) is 357 cm³/mol. The Morgan fingerprint density at radius 1 is 0.0725 bits per heavy atom. The molecule has 0 rings (SSSR count). The van der Waals surface area contributed by atoms with Gasteiger partial charge in [0.1, 0.15) is 0 Å². The van der Waals surface area contributed by atoms with Crippen molar-refractivity contribution < 1.29 is 613 Å². The summed E-state index contributed by atoms with van der Waals surface area (Å²) in [6.07, 6.45) is -62.8. The molecule has 0 amide bonds. The van der Waals surface area contributed by atoms with Gasteiger partial charge in [0.2, 0.25) is 0 Å². The molecule has 0 aromatic heterocycles. The molecule has 0 aliphatic heterocycles. The summed E-state index contributed by atoms with van der Waals surface area (Å²) in [7, 11) is 0. The third-order valence-electron chi connectivity index (χ3n) is 0. The van der Waals surface area contributed by atoms with Crippen LogP contribution >= 0.6 is 0 Å². The van der Waals surface area contributed by atoms with Crippen LogP contribution in [-0.2, 0) is 0 Å². The first-order chi connectivity index (χ1) is 58.9. The van der Waals surface area contributed by atoms with Gasteiger partial charge in [0.25, 0.3) is 0 Å². The molecule has 0 spiro atoms. The van der Waals surface area contributed by atoms with E-state index in [0.29, 0.717) is 0 Å². The molecular formula is C34H66K2O102. The van der Waals surface area contributed by atoms with Crippen LogP contribution in [0.1, 0.15) is 0 Å². The summed E-state index contributed by atoms with van der Waals surface area (Å²) in [6.45, 7) is 0. The molecule has 0 heterocycles. The Bertz CT molecular complexity index is 1950. The second-order valence-corrected chi connectivity index (χ2v) is 9.57. The van der Waals surface area contributed by atoms with Gasteiger partial charge in [0, 0.05) is 0 Å². The van der Waals surface area contributed by atoms with Crippen molar-refractivity contribution in [2.24, 2.45) is 0 Å². The summed E-state index contributed by atoms with van der Waals surface area (Å²) in [6, 6.07) is 0. The molecule has 102 nitrogen and oxygen atoms in total. The van der Waals surface area contributed by atoms with E-state index in [1.807, 2.05) is 0 Å². The third kappa shape index (κ3) is 3170. The predicted octanol–water partition coefficient (Wildman–Crippen LogP) is -1.10. The topological polar surface area (TPSA) is 1960 Å². The van der Waals surface area contributed by atoms with Crippen molar-refractivity contribution in [1.82, 2.24) is 0 Å². The molecule has 0 radical (unpaired) electrons.